The third-order valence-electron chi connectivity index (χ3n) is 2.97. The summed E-state index contributed by atoms with van der Waals surface area (Å²) < 4.78 is 15.7. The van der Waals surface area contributed by atoms with Gasteiger partial charge in [-0.05, 0) is 24.1 Å². The molecule has 0 saturated heterocycles. The van der Waals surface area contributed by atoms with Crippen LogP contribution in [0.1, 0.15) is 18.9 Å². The summed E-state index contributed by atoms with van der Waals surface area (Å²) in [5, 5.41) is 2.77. The molecule has 0 unspecified atom stereocenters. The number of ether oxygens (including phenoxy) is 3. The second kappa shape index (κ2) is 9.31. The SMILES string of the molecule is CC[C@H](N)C(=O)NCc1cc(OC)c(OC)c(OC)c1.Cl. The summed E-state index contributed by atoms with van der Waals surface area (Å²) in [5.74, 6) is 1.45. The van der Waals surface area contributed by atoms with E-state index >= 15 is 0 Å². The van der Waals surface area contributed by atoms with Crippen LogP contribution in [0.3, 0.4) is 0 Å². The van der Waals surface area contributed by atoms with Crippen LogP contribution in [0.2, 0.25) is 0 Å². The summed E-state index contributed by atoms with van der Waals surface area (Å²) in [6.07, 6.45) is 0.598. The van der Waals surface area contributed by atoms with E-state index in [1.807, 2.05) is 6.92 Å². The first-order valence-electron chi connectivity index (χ1n) is 6.39. The average Bonchev–Trinajstić information content (AvgIpc) is 2.50. The minimum Gasteiger partial charge on any atom is -0.493 e. The first-order chi connectivity index (χ1) is 9.57. The maximum Gasteiger partial charge on any atom is 0.237 e. The maximum atomic E-state index is 11.7. The minimum absolute atomic E-state index is 0. The second-order valence-electron chi connectivity index (χ2n) is 4.27. The minimum atomic E-state index is -0.489. The first-order valence-corrected chi connectivity index (χ1v) is 6.39. The second-order valence-corrected chi connectivity index (χ2v) is 4.27. The average molecular weight is 319 g/mol. The van der Waals surface area contributed by atoms with Crippen molar-refractivity contribution >= 4 is 18.3 Å². The Morgan fingerprint density at radius 2 is 1.71 bits per heavy atom. The van der Waals surface area contributed by atoms with Gasteiger partial charge in [0.2, 0.25) is 11.7 Å². The Morgan fingerprint density at radius 1 is 1.19 bits per heavy atom. The van der Waals surface area contributed by atoms with Crippen LogP contribution in [-0.4, -0.2) is 33.3 Å². The molecule has 6 nitrogen and oxygen atoms in total. The number of amides is 1. The van der Waals surface area contributed by atoms with Gasteiger partial charge in [0.15, 0.2) is 11.5 Å². The molecule has 1 rings (SSSR count). The summed E-state index contributed by atoms with van der Waals surface area (Å²) in [6, 6.07) is 3.09. The van der Waals surface area contributed by atoms with Crippen molar-refractivity contribution < 1.29 is 19.0 Å². The molecule has 1 aromatic carbocycles. The Bertz CT molecular complexity index is 443. The highest BCUT2D eigenvalue weighted by Crippen LogP contribution is 2.38. The van der Waals surface area contributed by atoms with Crippen LogP contribution in [0.4, 0.5) is 0 Å². The van der Waals surface area contributed by atoms with Gasteiger partial charge in [0.1, 0.15) is 0 Å². The van der Waals surface area contributed by atoms with Crippen molar-refractivity contribution in [1.29, 1.82) is 0 Å². The number of carbonyl (C=O) groups excluding carboxylic acids is 1. The highest BCUT2D eigenvalue weighted by atomic mass is 35.5. The van der Waals surface area contributed by atoms with E-state index in [0.717, 1.165) is 5.56 Å². The van der Waals surface area contributed by atoms with E-state index in [2.05, 4.69) is 5.32 Å². The third kappa shape index (κ3) is 4.99. The van der Waals surface area contributed by atoms with Gasteiger partial charge >= 0.3 is 0 Å². The van der Waals surface area contributed by atoms with E-state index in [1.54, 1.807) is 33.5 Å². The molecule has 0 fully saturated rings. The molecule has 0 heterocycles. The van der Waals surface area contributed by atoms with Crippen LogP contribution < -0.4 is 25.3 Å². The molecule has 7 heteroatoms. The molecule has 0 bridgehead atoms. The predicted octanol–water partition coefficient (Wildman–Crippen LogP) is 1.49. The molecule has 0 saturated carbocycles. The normalized spacial score (nSPS) is 11.1. The van der Waals surface area contributed by atoms with Crippen molar-refractivity contribution in [1.82, 2.24) is 5.32 Å². The largest absolute Gasteiger partial charge is 0.493 e. The zero-order valence-corrected chi connectivity index (χ0v) is 13.6. The van der Waals surface area contributed by atoms with Crippen LogP contribution in [0.15, 0.2) is 12.1 Å². The van der Waals surface area contributed by atoms with E-state index in [9.17, 15) is 4.79 Å². The van der Waals surface area contributed by atoms with E-state index in [-0.39, 0.29) is 18.3 Å². The van der Waals surface area contributed by atoms with Crippen molar-refractivity contribution in [3.05, 3.63) is 17.7 Å². The van der Waals surface area contributed by atoms with Gasteiger partial charge in [0, 0.05) is 6.54 Å². The van der Waals surface area contributed by atoms with Crippen molar-refractivity contribution in [2.24, 2.45) is 5.73 Å². The Morgan fingerprint density at radius 3 is 2.10 bits per heavy atom. The van der Waals surface area contributed by atoms with Gasteiger partial charge in [-0.3, -0.25) is 4.79 Å². The molecule has 0 radical (unpaired) electrons. The third-order valence-corrected chi connectivity index (χ3v) is 2.97. The lowest BCUT2D eigenvalue weighted by molar-refractivity contribution is -0.122. The predicted molar refractivity (Wildman–Crippen MR) is 83.5 cm³/mol. The van der Waals surface area contributed by atoms with Crippen LogP contribution in [-0.2, 0) is 11.3 Å². The highest BCUT2D eigenvalue weighted by Gasteiger charge is 2.15. The van der Waals surface area contributed by atoms with Gasteiger partial charge in [-0.1, -0.05) is 6.92 Å². The summed E-state index contributed by atoms with van der Waals surface area (Å²) in [7, 11) is 4.64. The van der Waals surface area contributed by atoms with Gasteiger partial charge in [0.25, 0.3) is 0 Å². The number of nitrogens with one attached hydrogen (secondary N) is 1. The molecule has 3 N–H and O–H groups in total. The van der Waals surface area contributed by atoms with Gasteiger partial charge in [-0.2, -0.15) is 0 Å². The molecule has 0 aliphatic rings. The molecule has 1 aromatic rings. The lowest BCUT2D eigenvalue weighted by Crippen LogP contribution is -2.39. The van der Waals surface area contributed by atoms with Crippen LogP contribution in [0, 0.1) is 0 Å². The molecular formula is C14H23ClN2O4. The number of halogens is 1. The summed E-state index contributed by atoms with van der Waals surface area (Å²) in [5.41, 5.74) is 6.50. The van der Waals surface area contributed by atoms with Crippen molar-refractivity contribution in [2.45, 2.75) is 25.9 Å². The van der Waals surface area contributed by atoms with E-state index in [1.165, 1.54) is 0 Å². The van der Waals surface area contributed by atoms with Crippen molar-refractivity contribution in [3.63, 3.8) is 0 Å². The van der Waals surface area contributed by atoms with Crippen LogP contribution in [0.5, 0.6) is 17.2 Å². The van der Waals surface area contributed by atoms with Crippen LogP contribution >= 0.6 is 12.4 Å². The molecule has 0 spiro atoms. The number of benzene rings is 1. The monoisotopic (exact) mass is 318 g/mol. The van der Waals surface area contributed by atoms with E-state index in [4.69, 9.17) is 19.9 Å². The topological polar surface area (TPSA) is 82.8 Å². The highest BCUT2D eigenvalue weighted by molar-refractivity contribution is 5.85. The number of carbonyl (C=O) groups is 1. The molecule has 120 valence electrons. The smallest absolute Gasteiger partial charge is 0.237 e. The molecular weight excluding hydrogens is 296 g/mol. The number of hydrogen-bond acceptors (Lipinski definition) is 5. The van der Waals surface area contributed by atoms with Gasteiger partial charge in [-0.15, -0.1) is 12.4 Å². The summed E-state index contributed by atoms with van der Waals surface area (Å²) >= 11 is 0. The zero-order valence-electron chi connectivity index (χ0n) is 12.8. The quantitative estimate of drug-likeness (QED) is 0.796. The Labute approximate surface area is 131 Å². The molecule has 0 aliphatic carbocycles. The number of nitrogens with two attached hydrogens (primary N) is 1. The number of hydrogen-bond donors (Lipinski definition) is 2. The lowest BCUT2D eigenvalue weighted by Gasteiger charge is -2.15. The first kappa shape index (κ1) is 19.3. The Hall–Kier alpha value is -1.66. The summed E-state index contributed by atoms with van der Waals surface area (Å²) in [6.45, 7) is 2.22. The molecule has 0 aromatic heterocycles. The Balaban J connectivity index is 0.00000400. The lowest BCUT2D eigenvalue weighted by atomic mass is 10.1. The van der Waals surface area contributed by atoms with E-state index in [0.29, 0.717) is 30.2 Å². The van der Waals surface area contributed by atoms with Gasteiger partial charge < -0.3 is 25.3 Å². The molecule has 1 atom stereocenters. The van der Waals surface area contributed by atoms with E-state index < -0.39 is 6.04 Å². The number of rotatable bonds is 7. The summed E-state index contributed by atoms with van der Waals surface area (Å²) in [4.78, 5) is 11.7. The standard InChI is InChI=1S/C14H22N2O4.ClH/c1-5-10(15)14(17)16-8-9-6-11(18-2)13(20-4)12(7-9)19-3;/h6-7,10H,5,8,15H2,1-4H3,(H,16,17);1H/t10-;/m0./s1. The fourth-order valence-corrected chi connectivity index (χ4v) is 1.74. The number of methoxy groups -OCH3 is 3. The van der Waals surface area contributed by atoms with Crippen molar-refractivity contribution in [3.8, 4) is 17.2 Å². The van der Waals surface area contributed by atoms with Gasteiger partial charge in [-0.25, -0.2) is 0 Å². The fourth-order valence-electron chi connectivity index (χ4n) is 1.74. The zero-order chi connectivity index (χ0) is 15.1. The van der Waals surface area contributed by atoms with Crippen LogP contribution in [0.25, 0.3) is 0 Å². The molecule has 21 heavy (non-hydrogen) atoms. The van der Waals surface area contributed by atoms with Gasteiger partial charge in [0.05, 0.1) is 27.4 Å². The Kier molecular flexibility index (Phi) is 8.57. The fraction of sp³-hybridized carbons (Fsp3) is 0.500. The molecule has 1 amide bonds. The van der Waals surface area contributed by atoms with Crippen molar-refractivity contribution in [2.75, 3.05) is 21.3 Å². The molecule has 0 aliphatic heterocycles. The maximum absolute atomic E-state index is 11.7.